The lowest BCUT2D eigenvalue weighted by atomic mass is 9.98. The maximum Gasteiger partial charge on any atom is 0.225 e. The lowest BCUT2D eigenvalue weighted by molar-refractivity contribution is -0.115. The molecular formula is C20H25NO2S. The zero-order valence-corrected chi connectivity index (χ0v) is 15.6. The van der Waals surface area contributed by atoms with Crippen LogP contribution in [0.3, 0.4) is 0 Å². The topological polar surface area (TPSA) is 38.3 Å². The maximum atomic E-state index is 12.3. The first-order valence-electron chi connectivity index (χ1n) is 8.17. The predicted molar refractivity (Wildman–Crippen MR) is 102 cm³/mol. The highest BCUT2D eigenvalue weighted by molar-refractivity contribution is 7.99. The summed E-state index contributed by atoms with van der Waals surface area (Å²) in [5.74, 6) is 2.04. The van der Waals surface area contributed by atoms with Gasteiger partial charge in [0.25, 0.3) is 0 Å². The molecule has 0 unspecified atom stereocenters. The van der Waals surface area contributed by atoms with E-state index >= 15 is 0 Å². The quantitative estimate of drug-likeness (QED) is 0.698. The molecule has 0 saturated carbocycles. The largest absolute Gasteiger partial charge is 0.497 e. The van der Waals surface area contributed by atoms with Gasteiger partial charge in [-0.15, -0.1) is 11.8 Å². The van der Waals surface area contributed by atoms with Gasteiger partial charge in [-0.05, 0) is 48.2 Å². The highest BCUT2D eigenvalue weighted by Gasteiger charge is 2.12. The molecule has 0 atom stereocenters. The number of para-hydroxylation sites is 1. The molecule has 0 aliphatic rings. The molecule has 2 aromatic rings. The minimum Gasteiger partial charge on any atom is -0.497 e. The fourth-order valence-corrected chi connectivity index (χ4v) is 3.33. The number of methoxy groups -OCH3 is 1. The van der Waals surface area contributed by atoms with E-state index in [2.05, 4.69) is 25.2 Å². The average molecular weight is 343 g/mol. The van der Waals surface area contributed by atoms with Crippen LogP contribution in [0.2, 0.25) is 0 Å². The third kappa shape index (κ3) is 5.03. The lowest BCUT2D eigenvalue weighted by Gasteiger charge is -2.16. The van der Waals surface area contributed by atoms with Crippen molar-refractivity contribution in [1.29, 1.82) is 0 Å². The Morgan fingerprint density at radius 2 is 1.88 bits per heavy atom. The SMILES string of the molecule is COc1ccc(SCCC(=O)Nc2c(C)cccc2C(C)C)cc1. The van der Waals surface area contributed by atoms with Crippen molar-refractivity contribution in [3.8, 4) is 5.75 Å². The average Bonchev–Trinajstić information content (AvgIpc) is 2.57. The van der Waals surface area contributed by atoms with Gasteiger partial charge < -0.3 is 10.1 Å². The van der Waals surface area contributed by atoms with Crippen LogP contribution in [0, 0.1) is 6.92 Å². The van der Waals surface area contributed by atoms with E-state index in [0.717, 1.165) is 27.6 Å². The van der Waals surface area contributed by atoms with Crippen LogP contribution in [0.5, 0.6) is 5.75 Å². The molecule has 0 spiro atoms. The van der Waals surface area contributed by atoms with Crippen LogP contribution in [0.4, 0.5) is 5.69 Å². The number of benzene rings is 2. The molecule has 0 aliphatic heterocycles. The first-order chi connectivity index (χ1) is 11.5. The summed E-state index contributed by atoms with van der Waals surface area (Å²) in [5, 5.41) is 3.09. The second kappa shape index (κ2) is 8.78. The van der Waals surface area contributed by atoms with Crippen molar-refractivity contribution in [3.63, 3.8) is 0 Å². The highest BCUT2D eigenvalue weighted by Crippen LogP contribution is 2.28. The molecular weight excluding hydrogens is 318 g/mol. The van der Waals surface area contributed by atoms with Crippen LogP contribution in [0.15, 0.2) is 47.4 Å². The number of ether oxygens (including phenoxy) is 1. The molecule has 4 heteroatoms. The number of amides is 1. The Morgan fingerprint density at radius 3 is 2.50 bits per heavy atom. The number of carbonyl (C=O) groups excluding carboxylic acids is 1. The predicted octanol–water partition coefficient (Wildman–Crippen LogP) is 5.25. The normalized spacial score (nSPS) is 10.7. The fraction of sp³-hybridized carbons (Fsp3) is 0.350. The van der Waals surface area contributed by atoms with Gasteiger partial charge in [0.2, 0.25) is 5.91 Å². The summed E-state index contributed by atoms with van der Waals surface area (Å²) in [5.41, 5.74) is 3.26. The third-order valence-electron chi connectivity index (χ3n) is 3.85. The van der Waals surface area contributed by atoms with E-state index in [4.69, 9.17) is 4.74 Å². The molecule has 2 aromatic carbocycles. The Morgan fingerprint density at radius 1 is 1.17 bits per heavy atom. The maximum absolute atomic E-state index is 12.3. The van der Waals surface area contributed by atoms with E-state index in [9.17, 15) is 4.79 Å². The number of anilines is 1. The summed E-state index contributed by atoms with van der Waals surface area (Å²) >= 11 is 1.68. The molecule has 0 fully saturated rings. The van der Waals surface area contributed by atoms with E-state index in [1.807, 2.05) is 43.3 Å². The van der Waals surface area contributed by atoms with Gasteiger partial charge in [0, 0.05) is 22.8 Å². The zero-order chi connectivity index (χ0) is 17.5. The Balaban J connectivity index is 1.89. The lowest BCUT2D eigenvalue weighted by Crippen LogP contribution is -2.15. The molecule has 3 nitrogen and oxygen atoms in total. The van der Waals surface area contributed by atoms with Gasteiger partial charge in [-0.1, -0.05) is 32.0 Å². The molecule has 128 valence electrons. The molecule has 1 N–H and O–H groups in total. The number of aryl methyl sites for hydroxylation is 1. The molecule has 2 rings (SSSR count). The Bertz CT molecular complexity index is 681. The smallest absolute Gasteiger partial charge is 0.225 e. The molecule has 0 aromatic heterocycles. The first kappa shape index (κ1) is 18.4. The third-order valence-corrected chi connectivity index (χ3v) is 4.86. The Hall–Kier alpha value is -1.94. The van der Waals surface area contributed by atoms with Crippen molar-refractivity contribution in [3.05, 3.63) is 53.6 Å². The van der Waals surface area contributed by atoms with Crippen molar-refractivity contribution in [2.24, 2.45) is 0 Å². The second-order valence-corrected chi connectivity index (χ2v) is 7.18. The summed E-state index contributed by atoms with van der Waals surface area (Å²) < 4.78 is 5.15. The van der Waals surface area contributed by atoms with Gasteiger partial charge in [0.1, 0.15) is 5.75 Å². The van der Waals surface area contributed by atoms with E-state index in [-0.39, 0.29) is 5.91 Å². The van der Waals surface area contributed by atoms with Gasteiger partial charge in [-0.2, -0.15) is 0 Å². The fourth-order valence-electron chi connectivity index (χ4n) is 2.48. The minimum absolute atomic E-state index is 0.0622. The first-order valence-corrected chi connectivity index (χ1v) is 9.16. The van der Waals surface area contributed by atoms with Crippen LogP contribution in [0.25, 0.3) is 0 Å². The van der Waals surface area contributed by atoms with Crippen LogP contribution in [-0.2, 0) is 4.79 Å². The number of thioether (sulfide) groups is 1. The number of rotatable bonds is 7. The van der Waals surface area contributed by atoms with E-state index in [1.165, 1.54) is 5.56 Å². The number of hydrogen-bond acceptors (Lipinski definition) is 3. The van der Waals surface area contributed by atoms with Crippen molar-refractivity contribution in [2.75, 3.05) is 18.2 Å². The van der Waals surface area contributed by atoms with Gasteiger partial charge in [0.15, 0.2) is 0 Å². The molecule has 0 bridgehead atoms. The molecule has 0 aliphatic carbocycles. The molecule has 0 saturated heterocycles. The van der Waals surface area contributed by atoms with Gasteiger partial charge in [0.05, 0.1) is 7.11 Å². The van der Waals surface area contributed by atoms with Crippen molar-refractivity contribution >= 4 is 23.4 Å². The summed E-state index contributed by atoms with van der Waals surface area (Å²) in [7, 11) is 1.66. The van der Waals surface area contributed by atoms with Crippen LogP contribution in [0.1, 0.15) is 37.3 Å². The molecule has 0 radical (unpaired) electrons. The minimum atomic E-state index is 0.0622. The summed E-state index contributed by atoms with van der Waals surface area (Å²) in [6, 6.07) is 14.1. The summed E-state index contributed by atoms with van der Waals surface area (Å²) in [6.45, 7) is 6.32. The monoisotopic (exact) mass is 343 g/mol. The Labute approximate surface area is 148 Å². The van der Waals surface area contributed by atoms with Crippen LogP contribution >= 0.6 is 11.8 Å². The summed E-state index contributed by atoms with van der Waals surface area (Å²) in [4.78, 5) is 13.4. The van der Waals surface area contributed by atoms with E-state index in [1.54, 1.807) is 18.9 Å². The highest BCUT2D eigenvalue weighted by atomic mass is 32.2. The zero-order valence-electron chi connectivity index (χ0n) is 14.8. The van der Waals surface area contributed by atoms with Gasteiger partial charge in [-0.3, -0.25) is 4.79 Å². The molecule has 24 heavy (non-hydrogen) atoms. The number of hydrogen-bond donors (Lipinski definition) is 1. The number of nitrogens with one attached hydrogen (secondary N) is 1. The van der Waals surface area contributed by atoms with Crippen LogP contribution in [-0.4, -0.2) is 18.8 Å². The van der Waals surface area contributed by atoms with E-state index in [0.29, 0.717) is 12.3 Å². The molecule has 1 amide bonds. The van der Waals surface area contributed by atoms with Gasteiger partial charge in [-0.25, -0.2) is 0 Å². The van der Waals surface area contributed by atoms with Gasteiger partial charge >= 0.3 is 0 Å². The van der Waals surface area contributed by atoms with Crippen molar-refractivity contribution in [1.82, 2.24) is 0 Å². The van der Waals surface area contributed by atoms with E-state index < -0.39 is 0 Å². The summed E-state index contributed by atoms with van der Waals surface area (Å²) in [6.07, 6.45) is 0.489. The standard InChI is InChI=1S/C20H25NO2S/c1-14(2)18-7-5-6-15(3)20(18)21-19(22)12-13-24-17-10-8-16(23-4)9-11-17/h5-11,14H,12-13H2,1-4H3,(H,21,22). The number of carbonyl (C=O) groups is 1. The second-order valence-electron chi connectivity index (χ2n) is 6.02. The van der Waals surface area contributed by atoms with Crippen LogP contribution < -0.4 is 10.1 Å². The Kier molecular flexibility index (Phi) is 6.73. The van der Waals surface area contributed by atoms with Crippen molar-refractivity contribution < 1.29 is 9.53 Å². The van der Waals surface area contributed by atoms with Crippen molar-refractivity contribution in [2.45, 2.75) is 38.0 Å². The molecule has 0 heterocycles.